The van der Waals surface area contributed by atoms with Crippen molar-refractivity contribution >= 4 is 43.1 Å². The van der Waals surface area contributed by atoms with E-state index in [-0.39, 0.29) is 0 Å². The summed E-state index contributed by atoms with van der Waals surface area (Å²) in [6.45, 7) is 0. The minimum atomic E-state index is 1.32. The van der Waals surface area contributed by atoms with E-state index in [9.17, 15) is 0 Å². The van der Waals surface area contributed by atoms with Crippen LogP contribution in [0.2, 0.25) is 0 Å². The van der Waals surface area contributed by atoms with E-state index in [0.717, 1.165) is 0 Å². The lowest BCUT2D eigenvalue weighted by atomic mass is 9.87. The first kappa shape index (κ1) is 12.9. The van der Waals surface area contributed by atoms with Crippen LogP contribution in [-0.4, -0.2) is 0 Å². The van der Waals surface area contributed by atoms with Crippen LogP contribution in [0.25, 0.3) is 65.3 Å². The van der Waals surface area contributed by atoms with E-state index >= 15 is 0 Å². The molecule has 0 atom stereocenters. The standard InChI is InChI=1S/C26H14/c1-2-9-17-16(8-1)22-14-23(17)26-21-13-4-7-15-6-3-10-18(24(15)21)19-11-5-12-20(22)25(19)26/h1-14H. The van der Waals surface area contributed by atoms with Gasteiger partial charge in [0.05, 0.1) is 0 Å². The van der Waals surface area contributed by atoms with Crippen molar-refractivity contribution in [2.24, 2.45) is 0 Å². The number of benzene rings is 6. The van der Waals surface area contributed by atoms with Crippen molar-refractivity contribution in [3.8, 4) is 22.3 Å². The van der Waals surface area contributed by atoms with Gasteiger partial charge in [0.2, 0.25) is 0 Å². The van der Waals surface area contributed by atoms with Crippen LogP contribution in [0.5, 0.6) is 0 Å². The highest BCUT2D eigenvalue weighted by Gasteiger charge is 2.24. The molecule has 0 aromatic heterocycles. The highest BCUT2D eigenvalue weighted by molar-refractivity contribution is 6.38. The molecule has 7 rings (SSSR count). The molecule has 0 heteroatoms. The Morgan fingerprint density at radius 3 is 1.77 bits per heavy atom. The van der Waals surface area contributed by atoms with Gasteiger partial charge in [0, 0.05) is 0 Å². The summed E-state index contributed by atoms with van der Waals surface area (Å²) >= 11 is 0. The molecule has 0 saturated carbocycles. The zero-order chi connectivity index (χ0) is 16.8. The van der Waals surface area contributed by atoms with Crippen LogP contribution in [0.3, 0.4) is 0 Å². The summed E-state index contributed by atoms with van der Waals surface area (Å²) in [6, 6.07) is 31.5. The first-order chi connectivity index (χ1) is 12.9. The lowest BCUT2D eigenvalue weighted by Crippen LogP contribution is -1.87. The van der Waals surface area contributed by atoms with Gasteiger partial charge >= 0.3 is 0 Å². The Bertz CT molecular complexity index is 1510. The second-order valence-corrected chi connectivity index (χ2v) is 7.33. The number of hydrogen-bond donors (Lipinski definition) is 0. The van der Waals surface area contributed by atoms with Gasteiger partial charge in [-0.1, -0.05) is 78.9 Å². The Morgan fingerprint density at radius 2 is 0.962 bits per heavy atom. The number of rotatable bonds is 0. The first-order valence-corrected chi connectivity index (χ1v) is 9.14. The van der Waals surface area contributed by atoms with E-state index in [2.05, 4.69) is 84.9 Å². The van der Waals surface area contributed by atoms with Crippen molar-refractivity contribution in [3.63, 3.8) is 0 Å². The van der Waals surface area contributed by atoms with Gasteiger partial charge in [-0.3, -0.25) is 0 Å². The molecule has 0 fully saturated rings. The van der Waals surface area contributed by atoms with Crippen LogP contribution in [0, 0.1) is 0 Å². The van der Waals surface area contributed by atoms with Gasteiger partial charge in [0.25, 0.3) is 0 Å². The van der Waals surface area contributed by atoms with Crippen LogP contribution < -0.4 is 0 Å². The van der Waals surface area contributed by atoms with Gasteiger partial charge < -0.3 is 0 Å². The van der Waals surface area contributed by atoms with E-state index in [4.69, 9.17) is 0 Å². The molecule has 0 aliphatic heterocycles. The predicted molar refractivity (Wildman–Crippen MR) is 112 cm³/mol. The second-order valence-electron chi connectivity index (χ2n) is 7.33. The van der Waals surface area contributed by atoms with E-state index < -0.39 is 0 Å². The summed E-state index contributed by atoms with van der Waals surface area (Å²) in [4.78, 5) is 0. The zero-order valence-corrected chi connectivity index (χ0v) is 14.1. The fourth-order valence-corrected chi connectivity index (χ4v) is 5.14. The summed E-state index contributed by atoms with van der Waals surface area (Å²) in [6.07, 6.45) is 0. The van der Waals surface area contributed by atoms with Gasteiger partial charge in [0.1, 0.15) is 0 Å². The van der Waals surface area contributed by atoms with Crippen LogP contribution >= 0.6 is 0 Å². The van der Waals surface area contributed by atoms with E-state index in [1.165, 1.54) is 65.3 Å². The smallest absolute Gasteiger partial charge is 0.00134 e. The fraction of sp³-hybridized carbons (Fsp3) is 0. The van der Waals surface area contributed by atoms with E-state index in [0.29, 0.717) is 0 Å². The minimum absolute atomic E-state index is 1.32. The Hall–Kier alpha value is -3.38. The molecular formula is C26H14. The lowest BCUT2D eigenvalue weighted by molar-refractivity contribution is 1.72. The molecule has 0 heterocycles. The van der Waals surface area contributed by atoms with Crippen molar-refractivity contribution < 1.29 is 0 Å². The Kier molecular flexibility index (Phi) is 2.10. The highest BCUT2D eigenvalue weighted by atomic mass is 14.3. The maximum Gasteiger partial charge on any atom is -0.00134 e. The van der Waals surface area contributed by atoms with Gasteiger partial charge in [-0.2, -0.15) is 0 Å². The molecule has 0 spiro atoms. The number of fused-ring (bicyclic) bond motifs is 4. The molecule has 0 unspecified atom stereocenters. The summed E-state index contributed by atoms with van der Waals surface area (Å²) in [7, 11) is 0. The topological polar surface area (TPSA) is 0 Å². The molecule has 0 nitrogen and oxygen atoms in total. The lowest BCUT2D eigenvalue weighted by Gasteiger charge is -2.15. The molecule has 0 radical (unpaired) electrons. The maximum atomic E-state index is 2.40. The largest absolute Gasteiger partial charge is 0.0616 e. The minimum Gasteiger partial charge on any atom is -0.0616 e. The van der Waals surface area contributed by atoms with Crippen molar-refractivity contribution in [1.29, 1.82) is 0 Å². The molecule has 2 bridgehead atoms. The monoisotopic (exact) mass is 326 g/mol. The molecule has 0 N–H and O–H groups in total. The predicted octanol–water partition coefficient (Wildman–Crippen LogP) is 7.38. The summed E-state index contributed by atoms with van der Waals surface area (Å²) in [5.74, 6) is 0. The highest BCUT2D eigenvalue weighted by Crippen LogP contribution is 2.52. The van der Waals surface area contributed by atoms with Gasteiger partial charge in [-0.15, -0.1) is 0 Å². The third-order valence-electron chi connectivity index (χ3n) is 6.13. The summed E-state index contributed by atoms with van der Waals surface area (Å²) < 4.78 is 0. The average molecular weight is 326 g/mol. The molecule has 2 aliphatic carbocycles. The second kappa shape index (κ2) is 4.23. The Morgan fingerprint density at radius 1 is 0.346 bits per heavy atom. The molecule has 0 saturated heterocycles. The van der Waals surface area contributed by atoms with Gasteiger partial charge in [0.15, 0.2) is 0 Å². The van der Waals surface area contributed by atoms with Crippen LogP contribution in [0.1, 0.15) is 0 Å². The first-order valence-electron chi connectivity index (χ1n) is 9.14. The van der Waals surface area contributed by atoms with E-state index in [1.54, 1.807) is 0 Å². The fourth-order valence-electron chi connectivity index (χ4n) is 5.14. The quantitative estimate of drug-likeness (QED) is 0.201. The summed E-state index contributed by atoms with van der Waals surface area (Å²) in [5.41, 5.74) is 5.50. The number of hydrogen-bond acceptors (Lipinski definition) is 0. The molecular weight excluding hydrogens is 312 g/mol. The summed E-state index contributed by atoms with van der Waals surface area (Å²) in [5, 5.41) is 11.0. The van der Waals surface area contributed by atoms with Crippen molar-refractivity contribution in [1.82, 2.24) is 0 Å². The normalized spacial score (nSPS) is 12.6. The molecule has 0 amide bonds. The van der Waals surface area contributed by atoms with Crippen molar-refractivity contribution in [2.75, 3.05) is 0 Å². The third-order valence-corrected chi connectivity index (χ3v) is 6.13. The van der Waals surface area contributed by atoms with Crippen LogP contribution in [0.4, 0.5) is 0 Å². The molecule has 118 valence electrons. The average Bonchev–Trinajstić information content (AvgIpc) is 3.03. The molecule has 5 aromatic rings. The van der Waals surface area contributed by atoms with E-state index in [1.807, 2.05) is 0 Å². The molecule has 5 aromatic carbocycles. The molecule has 2 aliphatic rings. The van der Waals surface area contributed by atoms with Gasteiger partial charge in [-0.05, 0) is 71.4 Å². The van der Waals surface area contributed by atoms with Crippen molar-refractivity contribution in [3.05, 3.63) is 84.9 Å². The SMILES string of the molecule is c1ccc2c(c1)-c1cc-2c2c3cccc4cccc(c5cccc1c52)c43. The van der Waals surface area contributed by atoms with Crippen LogP contribution in [0.15, 0.2) is 84.9 Å². The maximum absolute atomic E-state index is 2.40. The third kappa shape index (κ3) is 1.32. The molecule has 26 heavy (non-hydrogen) atoms. The van der Waals surface area contributed by atoms with Crippen LogP contribution in [-0.2, 0) is 0 Å². The Balaban J connectivity index is 1.93. The van der Waals surface area contributed by atoms with Crippen molar-refractivity contribution in [2.45, 2.75) is 0 Å². The Labute approximate surface area is 150 Å². The van der Waals surface area contributed by atoms with Gasteiger partial charge in [-0.25, -0.2) is 0 Å². The zero-order valence-electron chi connectivity index (χ0n) is 14.1.